The molecule has 7 heteroatoms. The van der Waals surface area contributed by atoms with Crippen LogP contribution < -0.4 is 10.2 Å². The number of thiazole rings is 1. The van der Waals surface area contributed by atoms with E-state index in [2.05, 4.69) is 5.32 Å². The highest BCUT2D eigenvalue weighted by Gasteiger charge is 2.19. The summed E-state index contributed by atoms with van der Waals surface area (Å²) < 4.78 is 1.69. The molecule has 0 saturated carbocycles. The second-order valence-corrected chi connectivity index (χ2v) is 5.74. The third-order valence-electron chi connectivity index (χ3n) is 3.36. The minimum atomic E-state index is -0.0965. The van der Waals surface area contributed by atoms with E-state index in [-0.39, 0.29) is 23.2 Å². The van der Waals surface area contributed by atoms with E-state index in [1.54, 1.807) is 9.47 Å². The molecule has 0 spiro atoms. The Labute approximate surface area is 121 Å². The van der Waals surface area contributed by atoms with Crippen LogP contribution >= 0.6 is 11.3 Å². The molecule has 1 N–H and O–H groups in total. The predicted molar refractivity (Wildman–Crippen MR) is 76.8 cm³/mol. The van der Waals surface area contributed by atoms with Crippen molar-refractivity contribution in [2.24, 2.45) is 0 Å². The summed E-state index contributed by atoms with van der Waals surface area (Å²) in [6.07, 6.45) is 1.78. The van der Waals surface area contributed by atoms with Crippen LogP contribution in [0.25, 0.3) is 0 Å². The van der Waals surface area contributed by atoms with Gasteiger partial charge in [0.2, 0.25) is 11.8 Å². The van der Waals surface area contributed by atoms with E-state index in [1.165, 1.54) is 11.3 Å². The monoisotopic (exact) mass is 297 g/mol. The Morgan fingerprint density at radius 2 is 2.25 bits per heavy atom. The van der Waals surface area contributed by atoms with E-state index in [1.807, 2.05) is 12.3 Å². The molecule has 1 aromatic heterocycles. The summed E-state index contributed by atoms with van der Waals surface area (Å²) in [7, 11) is 0. The third-order valence-corrected chi connectivity index (χ3v) is 4.24. The number of nitrogens with one attached hydrogen (secondary N) is 1. The van der Waals surface area contributed by atoms with Crippen LogP contribution in [0, 0.1) is 6.92 Å². The second-order valence-electron chi connectivity index (χ2n) is 4.92. The molecule has 0 aliphatic carbocycles. The summed E-state index contributed by atoms with van der Waals surface area (Å²) in [5, 5.41) is 4.57. The first-order valence-corrected chi connectivity index (χ1v) is 7.65. The molecule has 0 aromatic carbocycles. The Bertz CT molecular complexity index is 549. The number of hydrogen-bond acceptors (Lipinski definition) is 4. The number of rotatable bonds is 4. The minimum absolute atomic E-state index is 0.0111. The second kappa shape index (κ2) is 6.69. The molecule has 2 heterocycles. The van der Waals surface area contributed by atoms with Gasteiger partial charge in [0.15, 0.2) is 0 Å². The fourth-order valence-electron chi connectivity index (χ4n) is 2.24. The normalized spacial score (nSPS) is 15.8. The number of carbonyl (C=O) groups is 2. The molecular formula is C13H19N3O3S. The number of aryl methyl sites for hydroxylation is 1. The molecule has 110 valence electrons. The highest BCUT2D eigenvalue weighted by molar-refractivity contribution is 7.07. The van der Waals surface area contributed by atoms with Gasteiger partial charge in [0, 0.05) is 37.1 Å². The molecule has 0 radical (unpaired) electrons. The average Bonchev–Trinajstić information content (AvgIpc) is 2.63. The molecule has 2 amide bonds. The van der Waals surface area contributed by atoms with Crippen LogP contribution in [0.5, 0.6) is 0 Å². The summed E-state index contributed by atoms with van der Waals surface area (Å²) in [6, 6.07) is 0. The smallest absolute Gasteiger partial charge is 0.307 e. The van der Waals surface area contributed by atoms with Gasteiger partial charge in [-0.05, 0) is 19.8 Å². The predicted octanol–water partition coefficient (Wildman–Crippen LogP) is 0.347. The first-order valence-electron chi connectivity index (χ1n) is 6.77. The van der Waals surface area contributed by atoms with Crippen molar-refractivity contribution in [2.75, 3.05) is 19.6 Å². The maximum absolute atomic E-state index is 12.1. The van der Waals surface area contributed by atoms with E-state index in [9.17, 15) is 14.4 Å². The zero-order chi connectivity index (χ0) is 14.5. The summed E-state index contributed by atoms with van der Waals surface area (Å²) >= 11 is 1.18. The Morgan fingerprint density at radius 3 is 2.95 bits per heavy atom. The van der Waals surface area contributed by atoms with Crippen molar-refractivity contribution in [1.82, 2.24) is 14.8 Å². The van der Waals surface area contributed by atoms with Crippen molar-refractivity contribution in [3.05, 3.63) is 20.7 Å². The number of carbonyl (C=O) groups excluding carboxylic acids is 2. The largest absolute Gasteiger partial charge is 0.354 e. The fraction of sp³-hybridized carbons (Fsp3) is 0.615. The molecule has 0 unspecified atom stereocenters. The topological polar surface area (TPSA) is 71.4 Å². The number of amides is 2. The van der Waals surface area contributed by atoms with Crippen LogP contribution in [0.2, 0.25) is 0 Å². The Morgan fingerprint density at radius 1 is 1.45 bits per heavy atom. The van der Waals surface area contributed by atoms with Gasteiger partial charge < -0.3 is 14.8 Å². The van der Waals surface area contributed by atoms with Crippen molar-refractivity contribution in [3.8, 4) is 0 Å². The Balaban J connectivity index is 1.83. The van der Waals surface area contributed by atoms with Crippen LogP contribution in [-0.2, 0) is 16.1 Å². The van der Waals surface area contributed by atoms with Crippen molar-refractivity contribution in [3.63, 3.8) is 0 Å². The highest BCUT2D eigenvalue weighted by Crippen LogP contribution is 2.05. The van der Waals surface area contributed by atoms with Gasteiger partial charge in [-0.15, -0.1) is 0 Å². The standard InChI is InChI=1S/C13H19N3O3S/c1-10-9-20-13(19)16(10)7-2-4-12(18)15-6-3-5-14-11(17)8-15/h9H,2-8H2,1H3,(H,14,17). The highest BCUT2D eigenvalue weighted by atomic mass is 32.1. The minimum Gasteiger partial charge on any atom is -0.354 e. The van der Waals surface area contributed by atoms with Gasteiger partial charge in [0.1, 0.15) is 0 Å². The van der Waals surface area contributed by atoms with Crippen molar-refractivity contribution in [2.45, 2.75) is 32.7 Å². The Kier molecular flexibility index (Phi) is 4.94. The van der Waals surface area contributed by atoms with E-state index >= 15 is 0 Å². The quantitative estimate of drug-likeness (QED) is 0.871. The molecule has 1 aliphatic rings. The summed E-state index contributed by atoms with van der Waals surface area (Å²) in [5.41, 5.74) is 0.932. The van der Waals surface area contributed by atoms with Crippen molar-refractivity contribution < 1.29 is 9.59 Å². The molecule has 1 aliphatic heterocycles. The third kappa shape index (κ3) is 3.69. The lowest BCUT2D eigenvalue weighted by atomic mass is 10.2. The molecule has 1 fully saturated rings. The fourth-order valence-corrected chi connectivity index (χ4v) is 3.00. The summed E-state index contributed by atoms with van der Waals surface area (Å²) in [4.78, 5) is 36.6. The summed E-state index contributed by atoms with van der Waals surface area (Å²) in [6.45, 7) is 3.84. The van der Waals surface area contributed by atoms with Crippen molar-refractivity contribution >= 4 is 23.2 Å². The van der Waals surface area contributed by atoms with Gasteiger partial charge in [-0.2, -0.15) is 0 Å². The molecule has 0 bridgehead atoms. The van der Waals surface area contributed by atoms with E-state index < -0.39 is 0 Å². The number of hydrogen-bond donors (Lipinski definition) is 1. The molecule has 1 aromatic rings. The van der Waals surface area contributed by atoms with Gasteiger partial charge in [-0.3, -0.25) is 14.4 Å². The zero-order valence-corrected chi connectivity index (χ0v) is 12.4. The number of nitrogens with zero attached hydrogens (tertiary/aromatic N) is 2. The Hall–Kier alpha value is -1.63. The van der Waals surface area contributed by atoms with Gasteiger partial charge in [-0.25, -0.2) is 0 Å². The number of aromatic nitrogens is 1. The lowest BCUT2D eigenvalue weighted by Crippen LogP contribution is -2.37. The molecule has 20 heavy (non-hydrogen) atoms. The van der Waals surface area contributed by atoms with Gasteiger partial charge in [0.05, 0.1) is 6.54 Å². The molecule has 2 rings (SSSR count). The van der Waals surface area contributed by atoms with Crippen LogP contribution in [0.15, 0.2) is 10.2 Å². The van der Waals surface area contributed by atoms with E-state index in [4.69, 9.17) is 0 Å². The van der Waals surface area contributed by atoms with Crippen LogP contribution in [0.1, 0.15) is 25.0 Å². The van der Waals surface area contributed by atoms with E-state index in [0.29, 0.717) is 32.5 Å². The van der Waals surface area contributed by atoms with Crippen molar-refractivity contribution in [1.29, 1.82) is 0 Å². The summed E-state index contributed by atoms with van der Waals surface area (Å²) in [5.74, 6) is -0.108. The lowest BCUT2D eigenvalue weighted by molar-refractivity contribution is -0.135. The first-order chi connectivity index (χ1) is 9.58. The van der Waals surface area contributed by atoms with Gasteiger partial charge >= 0.3 is 4.87 Å². The first kappa shape index (κ1) is 14.8. The van der Waals surface area contributed by atoms with E-state index in [0.717, 1.165) is 12.1 Å². The molecule has 1 saturated heterocycles. The molecular weight excluding hydrogens is 278 g/mol. The zero-order valence-electron chi connectivity index (χ0n) is 11.6. The average molecular weight is 297 g/mol. The SMILES string of the molecule is Cc1csc(=O)n1CCCC(=O)N1CCCNC(=O)C1. The lowest BCUT2D eigenvalue weighted by Gasteiger charge is -2.18. The van der Waals surface area contributed by atoms with Crippen LogP contribution in [0.4, 0.5) is 0 Å². The molecule has 0 atom stereocenters. The van der Waals surface area contributed by atoms with Crippen LogP contribution in [-0.4, -0.2) is 40.9 Å². The maximum Gasteiger partial charge on any atom is 0.307 e. The van der Waals surface area contributed by atoms with Gasteiger partial charge in [0.25, 0.3) is 0 Å². The van der Waals surface area contributed by atoms with Crippen LogP contribution in [0.3, 0.4) is 0 Å². The van der Waals surface area contributed by atoms with Gasteiger partial charge in [-0.1, -0.05) is 11.3 Å². The maximum atomic E-state index is 12.1. The molecule has 6 nitrogen and oxygen atoms in total.